The Labute approximate surface area is 119 Å². The molecule has 1 aromatic carbocycles. The maximum absolute atomic E-state index is 11.9. The zero-order valence-corrected chi connectivity index (χ0v) is 11.5. The second kappa shape index (κ2) is 5.50. The van der Waals surface area contributed by atoms with E-state index in [4.69, 9.17) is 33.5 Å². The molecule has 0 spiro atoms. The Kier molecular flexibility index (Phi) is 3.97. The molecule has 0 saturated heterocycles. The number of hydrogen-bond donors (Lipinski definition) is 2. The molecule has 100 valence electrons. The van der Waals surface area contributed by atoms with Crippen LogP contribution in [0.5, 0.6) is 0 Å². The number of aromatic nitrogens is 1. The second-order valence-electron chi connectivity index (χ2n) is 3.98. The van der Waals surface area contributed by atoms with Gasteiger partial charge in [0.2, 0.25) is 0 Å². The van der Waals surface area contributed by atoms with E-state index in [1.54, 1.807) is 13.0 Å². The molecule has 0 atom stereocenters. The number of aryl methyl sites for hydroxylation is 1. The van der Waals surface area contributed by atoms with Gasteiger partial charge < -0.3 is 15.6 Å². The minimum absolute atomic E-state index is 0.236. The van der Waals surface area contributed by atoms with E-state index in [9.17, 15) is 4.79 Å². The summed E-state index contributed by atoms with van der Waals surface area (Å²) in [6.45, 7) is 2.04. The first-order chi connectivity index (χ1) is 8.97. The summed E-state index contributed by atoms with van der Waals surface area (Å²) in [7, 11) is 0. The Hall–Kier alpha value is -1.72. The zero-order valence-electron chi connectivity index (χ0n) is 10.0. The predicted molar refractivity (Wildman–Crippen MR) is 73.3 cm³/mol. The van der Waals surface area contributed by atoms with Gasteiger partial charge in [0.1, 0.15) is 0 Å². The third-order valence-corrected chi connectivity index (χ3v) is 3.24. The lowest BCUT2D eigenvalue weighted by Gasteiger charge is -2.06. The van der Waals surface area contributed by atoms with Crippen LogP contribution in [0, 0.1) is 6.92 Å². The first-order valence-corrected chi connectivity index (χ1v) is 6.18. The molecule has 19 heavy (non-hydrogen) atoms. The van der Waals surface area contributed by atoms with E-state index >= 15 is 0 Å². The van der Waals surface area contributed by atoms with Crippen molar-refractivity contribution in [3.63, 3.8) is 0 Å². The van der Waals surface area contributed by atoms with Gasteiger partial charge in [-0.25, -0.2) is 0 Å². The van der Waals surface area contributed by atoms with Gasteiger partial charge in [-0.05, 0) is 19.1 Å². The van der Waals surface area contributed by atoms with Crippen molar-refractivity contribution in [1.82, 2.24) is 10.5 Å². The molecule has 0 aliphatic heterocycles. The van der Waals surface area contributed by atoms with Crippen molar-refractivity contribution in [2.24, 2.45) is 0 Å². The van der Waals surface area contributed by atoms with Crippen LogP contribution in [0.1, 0.15) is 21.8 Å². The lowest BCUT2D eigenvalue weighted by atomic mass is 10.2. The number of halogens is 2. The summed E-state index contributed by atoms with van der Waals surface area (Å²) in [5.74, 6) is 0.248. The first-order valence-electron chi connectivity index (χ1n) is 5.42. The maximum atomic E-state index is 11.9. The van der Waals surface area contributed by atoms with Gasteiger partial charge >= 0.3 is 0 Å². The molecule has 2 aromatic rings. The van der Waals surface area contributed by atoms with Crippen LogP contribution in [0.2, 0.25) is 10.0 Å². The number of nitrogens with two attached hydrogens (primary N) is 1. The van der Waals surface area contributed by atoms with Crippen molar-refractivity contribution >= 4 is 34.8 Å². The first kappa shape index (κ1) is 13.7. The highest BCUT2D eigenvalue weighted by Crippen LogP contribution is 2.29. The highest BCUT2D eigenvalue weighted by atomic mass is 35.5. The standard InChI is InChI=1S/C12H11Cl2N3O2/c1-6-2-8(19-17-6)5-16-12(18)7-3-9(13)11(14)10(15)4-7/h2-4H,5,15H2,1H3,(H,16,18). The van der Waals surface area contributed by atoms with E-state index in [1.807, 2.05) is 0 Å². The highest BCUT2D eigenvalue weighted by molar-refractivity contribution is 6.43. The van der Waals surface area contributed by atoms with Crippen molar-refractivity contribution in [3.8, 4) is 0 Å². The molecule has 0 saturated carbocycles. The summed E-state index contributed by atoms with van der Waals surface area (Å²) in [5, 5.41) is 6.87. The van der Waals surface area contributed by atoms with Crippen molar-refractivity contribution in [2.45, 2.75) is 13.5 Å². The quantitative estimate of drug-likeness (QED) is 0.854. The topological polar surface area (TPSA) is 81.2 Å². The van der Waals surface area contributed by atoms with Crippen molar-refractivity contribution < 1.29 is 9.32 Å². The average molecular weight is 300 g/mol. The van der Waals surface area contributed by atoms with Crippen LogP contribution < -0.4 is 11.1 Å². The molecule has 2 rings (SSSR count). The van der Waals surface area contributed by atoms with Gasteiger partial charge in [-0.3, -0.25) is 4.79 Å². The number of hydrogen-bond acceptors (Lipinski definition) is 4. The minimum Gasteiger partial charge on any atom is -0.397 e. The number of carbonyl (C=O) groups excluding carboxylic acids is 1. The number of amides is 1. The Balaban J connectivity index is 2.08. The third kappa shape index (κ3) is 3.19. The molecular formula is C12H11Cl2N3O2. The summed E-state index contributed by atoms with van der Waals surface area (Å²) in [5.41, 5.74) is 6.99. The largest absolute Gasteiger partial charge is 0.397 e. The van der Waals surface area contributed by atoms with Crippen LogP contribution in [0.3, 0.4) is 0 Å². The third-order valence-electron chi connectivity index (χ3n) is 2.42. The van der Waals surface area contributed by atoms with E-state index in [0.29, 0.717) is 11.3 Å². The smallest absolute Gasteiger partial charge is 0.251 e. The predicted octanol–water partition coefficient (Wildman–Crippen LogP) is 2.80. The molecule has 5 nitrogen and oxygen atoms in total. The average Bonchev–Trinajstić information content (AvgIpc) is 2.78. The van der Waals surface area contributed by atoms with Gasteiger partial charge in [-0.2, -0.15) is 0 Å². The fourth-order valence-corrected chi connectivity index (χ4v) is 1.85. The summed E-state index contributed by atoms with van der Waals surface area (Å²) < 4.78 is 4.98. The summed E-state index contributed by atoms with van der Waals surface area (Å²) >= 11 is 11.7. The maximum Gasteiger partial charge on any atom is 0.251 e. The van der Waals surface area contributed by atoms with Crippen LogP contribution in [0.4, 0.5) is 5.69 Å². The van der Waals surface area contributed by atoms with E-state index < -0.39 is 0 Å². The number of rotatable bonds is 3. The molecule has 1 aromatic heterocycles. The number of nitrogens with zero attached hydrogens (tertiary/aromatic N) is 1. The minimum atomic E-state index is -0.320. The molecule has 0 radical (unpaired) electrons. The molecule has 0 aliphatic rings. The van der Waals surface area contributed by atoms with E-state index in [1.165, 1.54) is 12.1 Å². The monoisotopic (exact) mass is 299 g/mol. The summed E-state index contributed by atoms with van der Waals surface area (Å²) in [6, 6.07) is 4.67. The normalized spacial score (nSPS) is 10.5. The molecule has 0 bridgehead atoms. The molecule has 3 N–H and O–H groups in total. The van der Waals surface area contributed by atoms with Crippen LogP contribution >= 0.6 is 23.2 Å². The van der Waals surface area contributed by atoms with Crippen LogP contribution in [-0.4, -0.2) is 11.1 Å². The van der Waals surface area contributed by atoms with Crippen molar-refractivity contribution in [2.75, 3.05) is 5.73 Å². The van der Waals surface area contributed by atoms with Gasteiger partial charge in [-0.1, -0.05) is 28.4 Å². The second-order valence-corrected chi connectivity index (χ2v) is 4.76. The number of benzene rings is 1. The van der Waals surface area contributed by atoms with Gasteiger partial charge in [-0.15, -0.1) is 0 Å². The molecular weight excluding hydrogens is 289 g/mol. The van der Waals surface area contributed by atoms with Crippen LogP contribution in [0.25, 0.3) is 0 Å². The van der Waals surface area contributed by atoms with Crippen molar-refractivity contribution in [1.29, 1.82) is 0 Å². The molecule has 0 fully saturated rings. The highest BCUT2D eigenvalue weighted by Gasteiger charge is 2.12. The lowest BCUT2D eigenvalue weighted by molar-refractivity contribution is 0.0947. The number of nitrogen functional groups attached to an aromatic ring is 1. The SMILES string of the molecule is Cc1cc(CNC(=O)c2cc(N)c(Cl)c(Cl)c2)on1. The van der Waals surface area contributed by atoms with Crippen LogP contribution in [0.15, 0.2) is 22.7 Å². The lowest BCUT2D eigenvalue weighted by Crippen LogP contribution is -2.22. The van der Waals surface area contributed by atoms with Gasteiger partial charge in [0.05, 0.1) is 28.0 Å². The number of anilines is 1. The Morgan fingerprint density at radius 2 is 2.16 bits per heavy atom. The number of carbonyl (C=O) groups is 1. The molecule has 1 amide bonds. The van der Waals surface area contributed by atoms with E-state index in [-0.39, 0.29) is 28.2 Å². The van der Waals surface area contributed by atoms with Crippen molar-refractivity contribution in [3.05, 3.63) is 45.3 Å². The van der Waals surface area contributed by atoms with Gasteiger partial charge in [0.15, 0.2) is 5.76 Å². The Morgan fingerprint density at radius 1 is 1.42 bits per heavy atom. The fraction of sp³-hybridized carbons (Fsp3) is 0.167. The fourth-order valence-electron chi connectivity index (χ4n) is 1.51. The molecule has 0 unspecified atom stereocenters. The van der Waals surface area contributed by atoms with Gasteiger partial charge in [0.25, 0.3) is 5.91 Å². The summed E-state index contributed by atoms with van der Waals surface area (Å²) in [6.07, 6.45) is 0. The van der Waals surface area contributed by atoms with Gasteiger partial charge in [0, 0.05) is 11.6 Å². The zero-order chi connectivity index (χ0) is 14.0. The van der Waals surface area contributed by atoms with E-state index in [2.05, 4.69) is 10.5 Å². The molecule has 1 heterocycles. The Morgan fingerprint density at radius 3 is 2.74 bits per heavy atom. The van der Waals surface area contributed by atoms with Crippen LogP contribution in [-0.2, 0) is 6.54 Å². The molecule has 7 heteroatoms. The Bertz CT molecular complexity index is 602. The number of nitrogens with one attached hydrogen (secondary N) is 1. The summed E-state index contributed by atoms with van der Waals surface area (Å²) in [4.78, 5) is 11.9. The molecule has 0 aliphatic carbocycles. The van der Waals surface area contributed by atoms with E-state index in [0.717, 1.165) is 5.69 Å².